The maximum atomic E-state index is 12.4. The summed E-state index contributed by atoms with van der Waals surface area (Å²) in [6.07, 6.45) is 0.418. The van der Waals surface area contributed by atoms with Gasteiger partial charge >= 0.3 is 0 Å². The summed E-state index contributed by atoms with van der Waals surface area (Å²) < 4.78 is 5.47. The number of nitrogens with zero attached hydrogens (tertiary/aromatic N) is 3. The van der Waals surface area contributed by atoms with Crippen LogP contribution >= 0.6 is 0 Å². The van der Waals surface area contributed by atoms with E-state index in [0.717, 1.165) is 16.7 Å². The van der Waals surface area contributed by atoms with Crippen LogP contribution in [-0.4, -0.2) is 27.5 Å². The molecule has 1 atom stereocenters. The van der Waals surface area contributed by atoms with E-state index in [-0.39, 0.29) is 11.8 Å². The van der Waals surface area contributed by atoms with Gasteiger partial charge in [0.1, 0.15) is 0 Å². The standard InChI is InChI=1S/C21H21N3O2/c1-14-5-3-7-16(9-14)12-24-13-18(11-19(24)25)21-22-20(23-26-21)17-8-4-6-15(2)10-17/h3-10,18H,11-13H2,1-2H3. The van der Waals surface area contributed by atoms with E-state index in [1.165, 1.54) is 5.56 Å². The number of aryl methyl sites for hydroxylation is 2. The predicted molar refractivity (Wildman–Crippen MR) is 98.4 cm³/mol. The first-order valence-electron chi connectivity index (χ1n) is 8.82. The van der Waals surface area contributed by atoms with Gasteiger partial charge in [-0.25, -0.2) is 0 Å². The topological polar surface area (TPSA) is 59.2 Å². The first kappa shape index (κ1) is 16.5. The summed E-state index contributed by atoms with van der Waals surface area (Å²) >= 11 is 0. The number of carbonyl (C=O) groups is 1. The molecule has 3 aromatic rings. The van der Waals surface area contributed by atoms with Crippen molar-refractivity contribution < 1.29 is 9.32 Å². The Kier molecular flexibility index (Phi) is 4.29. The van der Waals surface area contributed by atoms with Gasteiger partial charge in [0.15, 0.2) is 0 Å². The van der Waals surface area contributed by atoms with Crippen LogP contribution in [0.2, 0.25) is 0 Å². The van der Waals surface area contributed by atoms with Crippen molar-refractivity contribution in [3.8, 4) is 11.4 Å². The van der Waals surface area contributed by atoms with Gasteiger partial charge in [0.2, 0.25) is 17.6 Å². The van der Waals surface area contributed by atoms with Gasteiger partial charge in [-0.2, -0.15) is 4.98 Å². The average molecular weight is 347 g/mol. The number of hydrogen-bond acceptors (Lipinski definition) is 4. The molecule has 132 valence electrons. The summed E-state index contributed by atoms with van der Waals surface area (Å²) in [5.41, 5.74) is 4.42. The van der Waals surface area contributed by atoms with Crippen LogP contribution in [0.3, 0.4) is 0 Å². The molecule has 5 heteroatoms. The third-order valence-electron chi connectivity index (χ3n) is 4.74. The van der Waals surface area contributed by atoms with E-state index in [2.05, 4.69) is 35.3 Å². The van der Waals surface area contributed by atoms with Crippen molar-refractivity contribution in [2.45, 2.75) is 32.7 Å². The molecule has 0 spiro atoms. The lowest BCUT2D eigenvalue weighted by molar-refractivity contribution is -0.128. The zero-order valence-corrected chi connectivity index (χ0v) is 15.0. The van der Waals surface area contributed by atoms with Crippen LogP contribution in [0, 0.1) is 13.8 Å². The van der Waals surface area contributed by atoms with Crippen molar-refractivity contribution in [3.63, 3.8) is 0 Å². The van der Waals surface area contributed by atoms with Crippen molar-refractivity contribution >= 4 is 5.91 Å². The molecule has 1 aliphatic rings. The lowest BCUT2D eigenvalue weighted by Gasteiger charge is -2.16. The quantitative estimate of drug-likeness (QED) is 0.719. The summed E-state index contributed by atoms with van der Waals surface area (Å²) in [4.78, 5) is 18.8. The Hall–Kier alpha value is -2.95. The molecule has 0 bridgehead atoms. The van der Waals surface area contributed by atoms with E-state index >= 15 is 0 Å². The van der Waals surface area contributed by atoms with Crippen LogP contribution in [0.5, 0.6) is 0 Å². The van der Waals surface area contributed by atoms with E-state index in [4.69, 9.17) is 4.52 Å². The van der Waals surface area contributed by atoms with Gasteiger partial charge in [-0.1, -0.05) is 58.7 Å². The second-order valence-electron chi connectivity index (χ2n) is 6.99. The molecule has 4 rings (SSSR count). The molecule has 0 N–H and O–H groups in total. The minimum absolute atomic E-state index is 0.0432. The highest BCUT2D eigenvalue weighted by molar-refractivity contribution is 5.79. The molecule has 0 aliphatic carbocycles. The van der Waals surface area contributed by atoms with E-state index in [0.29, 0.717) is 31.2 Å². The molecule has 1 saturated heterocycles. The zero-order valence-electron chi connectivity index (χ0n) is 15.0. The molecule has 2 aromatic carbocycles. The van der Waals surface area contributed by atoms with Gasteiger partial charge in [0, 0.05) is 25.1 Å². The van der Waals surface area contributed by atoms with Gasteiger partial charge in [0.25, 0.3) is 0 Å². The van der Waals surface area contributed by atoms with Gasteiger partial charge in [-0.3, -0.25) is 4.79 Å². The maximum absolute atomic E-state index is 12.4. The van der Waals surface area contributed by atoms with Crippen LogP contribution < -0.4 is 0 Å². The summed E-state index contributed by atoms with van der Waals surface area (Å²) in [5.74, 6) is 1.21. The second-order valence-corrected chi connectivity index (χ2v) is 6.99. The van der Waals surface area contributed by atoms with Crippen LogP contribution in [0.1, 0.15) is 34.9 Å². The van der Waals surface area contributed by atoms with Crippen LogP contribution in [0.4, 0.5) is 0 Å². The number of amides is 1. The van der Waals surface area contributed by atoms with Crippen molar-refractivity contribution in [1.29, 1.82) is 0 Å². The zero-order chi connectivity index (χ0) is 18.1. The highest BCUT2D eigenvalue weighted by Gasteiger charge is 2.34. The fourth-order valence-corrected chi connectivity index (χ4v) is 3.42. The molecule has 1 aliphatic heterocycles. The fourth-order valence-electron chi connectivity index (χ4n) is 3.42. The Morgan fingerprint density at radius 1 is 1.12 bits per heavy atom. The molecule has 1 fully saturated rings. The normalized spacial score (nSPS) is 17.1. The SMILES string of the molecule is Cc1cccc(CN2CC(c3nc(-c4cccc(C)c4)no3)CC2=O)c1. The van der Waals surface area contributed by atoms with E-state index < -0.39 is 0 Å². The smallest absolute Gasteiger partial charge is 0.232 e. The molecule has 1 aromatic heterocycles. The summed E-state index contributed by atoms with van der Waals surface area (Å²) in [6.45, 7) is 5.32. The number of hydrogen-bond donors (Lipinski definition) is 0. The Morgan fingerprint density at radius 2 is 1.88 bits per heavy atom. The Bertz CT molecular complexity index is 948. The lowest BCUT2D eigenvalue weighted by Crippen LogP contribution is -2.24. The van der Waals surface area contributed by atoms with Crippen molar-refractivity contribution in [1.82, 2.24) is 15.0 Å². The van der Waals surface area contributed by atoms with Gasteiger partial charge in [0.05, 0.1) is 5.92 Å². The monoisotopic (exact) mass is 347 g/mol. The largest absolute Gasteiger partial charge is 0.339 e. The molecule has 26 heavy (non-hydrogen) atoms. The molecule has 5 nitrogen and oxygen atoms in total. The van der Waals surface area contributed by atoms with Crippen molar-refractivity contribution in [3.05, 3.63) is 71.1 Å². The summed E-state index contributed by atoms with van der Waals surface area (Å²) in [5, 5.41) is 4.10. The summed E-state index contributed by atoms with van der Waals surface area (Å²) in [6, 6.07) is 16.2. The van der Waals surface area contributed by atoms with E-state index in [9.17, 15) is 4.79 Å². The first-order valence-corrected chi connectivity index (χ1v) is 8.82. The van der Waals surface area contributed by atoms with Crippen LogP contribution in [0.25, 0.3) is 11.4 Å². The van der Waals surface area contributed by atoms with Gasteiger partial charge < -0.3 is 9.42 Å². The fraction of sp³-hybridized carbons (Fsp3) is 0.286. The molecule has 2 heterocycles. The lowest BCUT2D eigenvalue weighted by atomic mass is 10.1. The third-order valence-corrected chi connectivity index (χ3v) is 4.74. The van der Waals surface area contributed by atoms with E-state index in [1.54, 1.807) is 0 Å². The molecule has 0 radical (unpaired) electrons. The van der Waals surface area contributed by atoms with Crippen LogP contribution in [-0.2, 0) is 11.3 Å². The Labute approximate surface area is 152 Å². The maximum Gasteiger partial charge on any atom is 0.232 e. The molecular weight excluding hydrogens is 326 g/mol. The molecule has 1 unspecified atom stereocenters. The molecule has 1 amide bonds. The number of rotatable bonds is 4. The highest BCUT2D eigenvalue weighted by Crippen LogP contribution is 2.29. The Balaban J connectivity index is 1.49. The number of likely N-dealkylation sites (tertiary alicyclic amines) is 1. The second kappa shape index (κ2) is 6.75. The van der Waals surface area contributed by atoms with Crippen molar-refractivity contribution in [2.24, 2.45) is 0 Å². The molecule has 0 saturated carbocycles. The number of aromatic nitrogens is 2. The molecular formula is C21H21N3O2. The minimum atomic E-state index is -0.0432. The highest BCUT2D eigenvalue weighted by atomic mass is 16.5. The summed E-state index contributed by atoms with van der Waals surface area (Å²) in [7, 11) is 0. The average Bonchev–Trinajstić information content (AvgIpc) is 3.23. The van der Waals surface area contributed by atoms with Gasteiger partial charge in [-0.05, 0) is 25.5 Å². The first-order chi connectivity index (χ1) is 12.6. The van der Waals surface area contributed by atoms with Crippen molar-refractivity contribution in [2.75, 3.05) is 6.54 Å². The predicted octanol–water partition coefficient (Wildman–Crippen LogP) is 3.87. The number of benzene rings is 2. The third kappa shape index (κ3) is 3.38. The number of carbonyl (C=O) groups excluding carboxylic acids is 1. The van der Waals surface area contributed by atoms with Gasteiger partial charge in [-0.15, -0.1) is 0 Å². The van der Waals surface area contributed by atoms with Crippen LogP contribution in [0.15, 0.2) is 53.1 Å². The minimum Gasteiger partial charge on any atom is -0.339 e. The Morgan fingerprint density at radius 3 is 2.65 bits per heavy atom. The van der Waals surface area contributed by atoms with E-state index in [1.807, 2.05) is 42.2 Å².